The van der Waals surface area contributed by atoms with Gasteiger partial charge in [0.05, 0.1) is 0 Å². The van der Waals surface area contributed by atoms with Crippen LogP contribution in [-0.4, -0.2) is 6.21 Å². The number of aliphatic imine (C=N–C) groups is 1. The first-order valence-corrected chi connectivity index (χ1v) is 3.71. The second kappa shape index (κ2) is 2.53. The van der Waals surface area contributed by atoms with E-state index < -0.39 is 0 Å². The van der Waals surface area contributed by atoms with Crippen molar-refractivity contribution >= 4 is 6.21 Å². The first-order valence-electron chi connectivity index (χ1n) is 3.71. The van der Waals surface area contributed by atoms with E-state index in [0.717, 1.165) is 11.5 Å². The fourth-order valence-electron chi connectivity index (χ4n) is 0.869. The Labute approximate surface area is 67.7 Å². The van der Waals surface area contributed by atoms with Gasteiger partial charge in [0.15, 0.2) is 0 Å². The van der Waals surface area contributed by atoms with Gasteiger partial charge in [-0.05, 0) is 6.08 Å². The first-order chi connectivity index (χ1) is 5.00. The zero-order valence-corrected chi connectivity index (χ0v) is 7.31. The summed E-state index contributed by atoms with van der Waals surface area (Å²) in [7, 11) is 0. The van der Waals surface area contributed by atoms with E-state index in [1.54, 1.807) is 6.21 Å². The molecule has 0 aromatic rings. The van der Waals surface area contributed by atoms with Gasteiger partial charge in [-0.15, -0.1) is 0 Å². The molecule has 2 heteroatoms. The minimum absolute atomic E-state index is 0.148. The van der Waals surface area contributed by atoms with Crippen molar-refractivity contribution < 1.29 is 0 Å². The lowest BCUT2D eigenvalue weighted by Crippen LogP contribution is -2.25. The number of nitrogens with one attached hydrogen (secondary N) is 1. The minimum atomic E-state index is 0.148. The van der Waals surface area contributed by atoms with Crippen molar-refractivity contribution in [1.82, 2.24) is 5.32 Å². The summed E-state index contributed by atoms with van der Waals surface area (Å²) in [5.74, 6) is 0.720. The Hall–Kier alpha value is -1.05. The van der Waals surface area contributed by atoms with Crippen molar-refractivity contribution in [1.29, 1.82) is 0 Å². The highest BCUT2D eigenvalue weighted by molar-refractivity contribution is 5.74. The molecule has 2 nitrogen and oxygen atoms in total. The molecule has 0 fully saturated rings. The molecule has 0 aliphatic carbocycles. The third-order valence-electron chi connectivity index (χ3n) is 1.56. The van der Waals surface area contributed by atoms with Gasteiger partial charge in [-0.1, -0.05) is 27.4 Å². The summed E-state index contributed by atoms with van der Waals surface area (Å²) in [5, 5.41) is 3.12. The van der Waals surface area contributed by atoms with E-state index in [4.69, 9.17) is 0 Å². The third kappa shape index (κ3) is 1.93. The Morgan fingerprint density at radius 1 is 1.45 bits per heavy atom. The number of hydrogen-bond acceptors (Lipinski definition) is 2. The molecular formula is C9H14N2. The fraction of sp³-hybridized carbons (Fsp3) is 0.444. The van der Waals surface area contributed by atoms with Gasteiger partial charge in [0, 0.05) is 17.3 Å². The molecule has 1 heterocycles. The quantitative estimate of drug-likeness (QED) is 0.561. The molecule has 0 bridgehead atoms. The molecule has 60 valence electrons. The maximum Gasteiger partial charge on any atom is 0.122 e. The predicted molar refractivity (Wildman–Crippen MR) is 48.3 cm³/mol. The Balaban J connectivity index is 2.83. The Kier molecular flexibility index (Phi) is 1.85. The highest BCUT2D eigenvalue weighted by Gasteiger charge is 2.17. The molecule has 1 N–H and O–H groups in total. The average molecular weight is 150 g/mol. The third-order valence-corrected chi connectivity index (χ3v) is 1.56. The monoisotopic (exact) mass is 150 g/mol. The molecule has 1 rings (SSSR count). The lowest BCUT2D eigenvalue weighted by Gasteiger charge is -2.25. The lowest BCUT2D eigenvalue weighted by atomic mass is 9.91. The molecule has 0 saturated heterocycles. The van der Waals surface area contributed by atoms with Crippen LogP contribution < -0.4 is 5.32 Å². The predicted octanol–water partition coefficient (Wildman–Crippen LogP) is 2.06. The summed E-state index contributed by atoms with van der Waals surface area (Å²) in [6, 6.07) is 0. The highest BCUT2D eigenvalue weighted by atomic mass is 15.1. The molecule has 1 aliphatic heterocycles. The highest BCUT2D eigenvalue weighted by Crippen LogP contribution is 2.24. The summed E-state index contributed by atoms with van der Waals surface area (Å²) in [6.07, 6.45) is 3.76. The van der Waals surface area contributed by atoms with E-state index in [2.05, 4.69) is 37.7 Å². The minimum Gasteiger partial charge on any atom is -0.344 e. The van der Waals surface area contributed by atoms with Crippen LogP contribution in [0.5, 0.6) is 0 Å². The van der Waals surface area contributed by atoms with E-state index >= 15 is 0 Å². The lowest BCUT2D eigenvalue weighted by molar-refractivity contribution is 0.473. The molecule has 0 radical (unpaired) electrons. The smallest absolute Gasteiger partial charge is 0.122 e. The largest absolute Gasteiger partial charge is 0.344 e. The Morgan fingerprint density at radius 3 is 2.45 bits per heavy atom. The zero-order chi connectivity index (χ0) is 8.48. The standard InChI is InChI=1S/C9H14N2/c1-7-10-6-5-8(11-7)9(2,3)4/h5-6,11H,1H2,2-4H3. The van der Waals surface area contributed by atoms with Crippen LogP contribution in [0.3, 0.4) is 0 Å². The van der Waals surface area contributed by atoms with Gasteiger partial charge in [-0.25, -0.2) is 4.99 Å². The Morgan fingerprint density at radius 2 is 2.09 bits per heavy atom. The average Bonchev–Trinajstić information content (AvgIpc) is 1.86. The van der Waals surface area contributed by atoms with Gasteiger partial charge in [0.1, 0.15) is 5.82 Å². The number of nitrogens with zero attached hydrogens (tertiary/aromatic N) is 1. The van der Waals surface area contributed by atoms with Crippen LogP contribution in [0, 0.1) is 5.41 Å². The van der Waals surface area contributed by atoms with Crippen LogP contribution in [0.15, 0.2) is 29.2 Å². The molecule has 0 atom stereocenters. The van der Waals surface area contributed by atoms with Gasteiger partial charge < -0.3 is 5.32 Å². The normalized spacial score (nSPS) is 17.7. The second-order valence-electron chi connectivity index (χ2n) is 3.68. The van der Waals surface area contributed by atoms with E-state index in [0.29, 0.717) is 0 Å². The van der Waals surface area contributed by atoms with Gasteiger partial charge in [-0.3, -0.25) is 0 Å². The number of allylic oxidation sites excluding steroid dienone is 2. The van der Waals surface area contributed by atoms with Crippen molar-refractivity contribution in [3.05, 3.63) is 24.2 Å². The van der Waals surface area contributed by atoms with E-state index in [1.807, 2.05) is 6.08 Å². The molecule has 1 aliphatic rings. The van der Waals surface area contributed by atoms with Crippen LogP contribution in [0.25, 0.3) is 0 Å². The number of rotatable bonds is 0. The van der Waals surface area contributed by atoms with E-state index in [9.17, 15) is 0 Å². The van der Waals surface area contributed by atoms with Crippen LogP contribution in [0.4, 0.5) is 0 Å². The van der Waals surface area contributed by atoms with Crippen molar-refractivity contribution in [2.24, 2.45) is 10.4 Å². The van der Waals surface area contributed by atoms with Crippen molar-refractivity contribution in [2.45, 2.75) is 20.8 Å². The summed E-state index contributed by atoms with van der Waals surface area (Å²) >= 11 is 0. The summed E-state index contributed by atoms with van der Waals surface area (Å²) in [5.41, 5.74) is 1.31. The van der Waals surface area contributed by atoms with Crippen LogP contribution in [0.2, 0.25) is 0 Å². The van der Waals surface area contributed by atoms with Crippen molar-refractivity contribution in [3.8, 4) is 0 Å². The summed E-state index contributed by atoms with van der Waals surface area (Å²) < 4.78 is 0. The van der Waals surface area contributed by atoms with Gasteiger partial charge in [-0.2, -0.15) is 0 Å². The maximum absolute atomic E-state index is 3.99. The van der Waals surface area contributed by atoms with Crippen LogP contribution in [-0.2, 0) is 0 Å². The molecule has 0 amide bonds. The molecule has 0 spiro atoms. The molecule has 0 aromatic heterocycles. The molecular weight excluding hydrogens is 136 g/mol. The van der Waals surface area contributed by atoms with Gasteiger partial charge >= 0.3 is 0 Å². The zero-order valence-electron chi connectivity index (χ0n) is 7.31. The first kappa shape index (κ1) is 8.05. The fourth-order valence-corrected chi connectivity index (χ4v) is 0.869. The van der Waals surface area contributed by atoms with Gasteiger partial charge in [0.25, 0.3) is 0 Å². The van der Waals surface area contributed by atoms with E-state index in [1.165, 1.54) is 0 Å². The maximum atomic E-state index is 3.99. The Bertz CT molecular complexity index is 228. The topological polar surface area (TPSA) is 24.4 Å². The summed E-state index contributed by atoms with van der Waals surface area (Å²) in [6.45, 7) is 10.2. The molecule has 0 unspecified atom stereocenters. The number of hydrogen-bond donors (Lipinski definition) is 1. The second-order valence-corrected chi connectivity index (χ2v) is 3.68. The van der Waals surface area contributed by atoms with Crippen LogP contribution >= 0.6 is 0 Å². The van der Waals surface area contributed by atoms with Crippen molar-refractivity contribution in [2.75, 3.05) is 0 Å². The summed E-state index contributed by atoms with van der Waals surface area (Å²) in [4.78, 5) is 3.99. The molecule has 0 saturated carbocycles. The van der Waals surface area contributed by atoms with Crippen LogP contribution in [0.1, 0.15) is 20.8 Å². The molecule has 0 aromatic carbocycles. The SMILES string of the molecule is C=C1N=CC=C(C(C)(C)C)N1. The van der Waals surface area contributed by atoms with E-state index in [-0.39, 0.29) is 5.41 Å². The van der Waals surface area contributed by atoms with Crippen molar-refractivity contribution in [3.63, 3.8) is 0 Å². The molecule has 11 heavy (non-hydrogen) atoms. The van der Waals surface area contributed by atoms with Gasteiger partial charge in [0.2, 0.25) is 0 Å².